The van der Waals surface area contributed by atoms with Gasteiger partial charge >= 0.3 is 11.6 Å². The Kier molecular flexibility index (Phi) is 4.06. The van der Waals surface area contributed by atoms with Crippen LogP contribution in [0.2, 0.25) is 0 Å². The summed E-state index contributed by atoms with van der Waals surface area (Å²) in [5.74, 6) is -0.695. The Labute approximate surface area is 134 Å². The first-order valence-electron chi connectivity index (χ1n) is 6.58. The van der Waals surface area contributed by atoms with E-state index in [9.17, 15) is 9.59 Å². The minimum Gasteiger partial charge on any atom is -0.457 e. The predicted octanol–water partition coefficient (Wildman–Crippen LogP) is 3.91. The van der Waals surface area contributed by atoms with Gasteiger partial charge in [0.1, 0.15) is 17.8 Å². The number of rotatable bonds is 3. The number of ether oxygens (including phenoxy) is 1. The van der Waals surface area contributed by atoms with E-state index in [2.05, 4.69) is 15.9 Å². The molecule has 0 aliphatic carbocycles. The van der Waals surface area contributed by atoms with Gasteiger partial charge < -0.3 is 9.15 Å². The molecule has 0 saturated carbocycles. The van der Waals surface area contributed by atoms with Crippen molar-refractivity contribution in [3.05, 3.63) is 80.6 Å². The lowest BCUT2D eigenvalue weighted by Crippen LogP contribution is -2.16. The summed E-state index contributed by atoms with van der Waals surface area (Å²) in [4.78, 5) is 24.0. The van der Waals surface area contributed by atoms with E-state index in [4.69, 9.17) is 9.15 Å². The second-order valence-corrected chi connectivity index (χ2v) is 5.61. The maximum atomic E-state index is 12.1. The molecule has 0 spiro atoms. The van der Waals surface area contributed by atoms with Gasteiger partial charge in [0.25, 0.3) is 0 Å². The van der Waals surface area contributed by atoms with Crippen molar-refractivity contribution in [1.29, 1.82) is 0 Å². The topological polar surface area (TPSA) is 56.5 Å². The van der Waals surface area contributed by atoms with Gasteiger partial charge in [-0.05, 0) is 29.8 Å². The zero-order valence-electron chi connectivity index (χ0n) is 11.4. The van der Waals surface area contributed by atoms with E-state index in [1.165, 1.54) is 6.07 Å². The molecule has 0 N–H and O–H groups in total. The molecule has 2 aromatic carbocycles. The molecular weight excluding hydrogens is 348 g/mol. The zero-order valence-corrected chi connectivity index (χ0v) is 13.0. The van der Waals surface area contributed by atoms with Crippen LogP contribution in [0.1, 0.15) is 15.9 Å². The van der Waals surface area contributed by atoms with Gasteiger partial charge in [-0.1, -0.05) is 46.3 Å². The average molecular weight is 359 g/mol. The van der Waals surface area contributed by atoms with Crippen LogP contribution in [-0.2, 0) is 11.3 Å². The molecule has 0 radical (unpaired) electrons. The third-order valence-corrected chi connectivity index (χ3v) is 3.62. The summed E-state index contributed by atoms with van der Waals surface area (Å²) in [7, 11) is 0. The molecule has 0 aliphatic heterocycles. The highest BCUT2D eigenvalue weighted by Gasteiger charge is 2.15. The third-order valence-electron chi connectivity index (χ3n) is 3.13. The van der Waals surface area contributed by atoms with Gasteiger partial charge in [-0.25, -0.2) is 9.59 Å². The Balaban J connectivity index is 1.87. The predicted molar refractivity (Wildman–Crippen MR) is 85.7 cm³/mol. The number of halogens is 1. The Hall–Kier alpha value is -2.40. The first-order chi connectivity index (χ1) is 10.6. The summed E-state index contributed by atoms with van der Waals surface area (Å²) >= 11 is 3.34. The van der Waals surface area contributed by atoms with Gasteiger partial charge in [-0.15, -0.1) is 0 Å². The lowest BCUT2D eigenvalue weighted by Gasteiger charge is -2.05. The van der Waals surface area contributed by atoms with E-state index >= 15 is 0 Å². The first-order valence-corrected chi connectivity index (χ1v) is 7.37. The summed E-state index contributed by atoms with van der Waals surface area (Å²) in [6.07, 6.45) is 0. The van der Waals surface area contributed by atoms with Gasteiger partial charge in [0, 0.05) is 9.86 Å². The summed E-state index contributed by atoms with van der Waals surface area (Å²) < 4.78 is 11.1. The van der Waals surface area contributed by atoms with Crippen LogP contribution >= 0.6 is 15.9 Å². The van der Waals surface area contributed by atoms with Crippen LogP contribution in [0.3, 0.4) is 0 Å². The monoisotopic (exact) mass is 358 g/mol. The molecule has 0 unspecified atom stereocenters. The molecule has 0 atom stereocenters. The number of benzene rings is 2. The van der Waals surface area contributed by atoms with Crippen molar-refractivity contribution in [3.8, 4) is 0 Å². The molecule has 0 bridgehead atoms. The van der Waals surface area contributed by atoms with Crippen LogP contribution in [0.5, 0.6) is 0 Å². The number of carbonyl (C=O) groups excluding carboxylic acids is 1. The molecule has 0 amide bonds. The van der Waals surface area contributed by atoms with E-state index in [1.807, 2.05) is 30.3 Å². The first kappa shape index (κ1) is 14.5. The maximum absolute atomic E-state index is 12.1. The Morgan fingerprint density at radius 1 is 1.09 bits per heavy atom. The molecule has 1 aromatic heterocycles. The van der Waals surface area contributed by atoms with E-state index in [1.54, 1.807) is 18.2 Å². The Morgan fingerprint density at radius 2 is 1.86 bits per heavy atom. The quantitative estimate of drug-likeness (QED) is 0.526. The molecular formula is C17H11BrO4. The van der Waals surface area contributed by atoms with Crippen molar-refractivity contribution in [1.82, 2.24) is 0 Å². The van der Waals surface area contributed by atoms with E-state index < -0.39 is 11.6 Å². The SMILES string of the molecule is O=C(OCc1ccccc1)c1cc2cc(Br)ccc2oc1=O. The zero-order chi connectivity index (χ0) is 15.5. The van der Waals surface area contributed by atoms with Crippen molar-refractivity contribution < 1.29 is 13.9 Å². The molecule has 1 heterocycles. The summed E-state index contributed by atoms with van der Waals surface area (Å²) in [5, 5.41) is 0.653. The fourth-order valence-electron chi connectivity index (χ4n) is 2.04. The van der Waals surface area contributed by atoms with Gasteiger partial charge in [-0.2, -0.15) is 0 Å². The van der Waals surface area contributed by atoms with Crippen LogP contribution in [0.15, 0.2) is 68.3 Å². The molecule has 110 valence electrons. The van der Waals surface area contributed by atoms with Crippen LogP contribution in [0, 0.1) is 0 Å². The molecule has 3 aromatic rings. The molecule has 0 saturated heterocycles. The van der Waals surface area contributed by atoms with Crippen LogP contribution in [0.25, 0.3) is 11.0 Å². The van der Waals surface area contributed by atoms with Gasteiger partial charge in [0.05, 0.1) is 0 Å². The van der Waals surface area contributed by atoms with E-state index in [0.29, 0.717) is 11.0 Å². The highest BCUT2D eigenvalue weighted by atomic mass is 79.9. The molecule has 22 heavy (non-hydrogen) atoms. The third kappa shape index (κ3) is 3.09. The Morgan fingerprint density at radius 3 is 2.64 bits per heavy atom. The Bertz CT molecular complexity index is 884. The molecule has 0 aliphatic rings. The summed E-state index contributed by atoms with van der Waals surface area (Å²) in [5.41, 5.74) is 0.464. The van der Waals surface area contributed by atoms with Crippen molar-refractivity contribution in [2.45, 2.75) is 6.61 Å². The number of carbonyl (C=O) groups is 1. The number of hydrogen-bond donors (Lipinski definition) is 0. The van der Waals surface area contributed by atoms with E-state index in [-0.39, 0.29) is 12.2 Å². The molecule has 0 fully saturated rings. The van der Waals surface area contributed by atoms with Crippen molar-refractivity contribution in [2.24, 2.45) is 0 Å². The molecule has 4 nitrogen and oxygen atoms in total. The smallest absolute Gasteiger partial charge is 0.351 e. The second-order valence-electron chi connectivity index (χ2n) is 4.69. The largest absolute Gasteiger partial charge is 0.457 e. The van der Waals surface area contributed by atoms with Crippen LogP contribution < -0.4 is 5.63 Å². The lowest BCUT2D eigenvalue weighted by molar-refractivity contribution is 0.0468. The fourth-order valence-corrected chi connectivity index (χ4v) is 2.42. The standard InChI is InChI=1S/C17H11BrO4/c18-13-6-7-15-12(8-13)9-14(17(20)22-15)16(19)21-10-11-4-2-1-3-5-11/h1-9H,10H2. The number of fused-ring (bicyclic) bond motifs is 1. The number of esters is 1. The van der Waals surface area contributed by atoms with E-state index in [0.717, 1.165) is 10.0 Å². The van der Waals surface area contributed by atoms with Crippen LogP contribution in [0.4, 0.5) is 0 Å². The summed E-state index contributed by atoms with van der Waals surface area (Å²) in [6.45, 7) is 0.107. The lowest BCUT2D eigenvalue weighted by atomic mass is 10.2. The van der Waals surface area contributed by atoms with Crippen LogP contribution in [-0.4, -0.2) is 5.97 Å². The van der Waals surface area contributed by atoms with Crippen molar-refractivity contribution >= 4 is 32.9 Å². The normalized spacial score (nSPS) is 10.6. The number of hydrogen-bond acceptors (Lipinski definition) is 4. The van der Waals surface area contributed by atoms with Gasteiger partial charge in [0.15, 0.2) is 0 Å². The highest BCUT2D eigenvalue weighted by Crippen LogP contribution is 2.19. The van der Waals surface area contributed by atoms with Crippen molar-refractivity contribution in [2.75, 3.05) is 0 Å². The minimum absolute atomic E-state index is 0.107. The maximum Gasteiger partial charge on any atom is 0.351 e. The van der Waals surface area contributed by atoms with Gasteiger partial charge in [-0.3, -0.25) is 0 Å². The highest BCUT2D eigenvalue weighted by molar-refractivity contribution is 9.10. The molecule has 3 rings (SSSR count). The minimum atomic E-state index is -0.701. The van der Waals surface area contributed by atoms with Crippen molar-refractivity contribution in [3.63, 3.8) is 0 Å². The summed E-state index contributed by atoms with van der Waals surface area (Å²) in [6, 6.07) is 15.9. The fraction of sp³-hybridized carbons (Fsp3) is 0.0588. The average Bonchev–Trinajstić information content (AvgIpc) is 2.53. The molecule has 5 heteroatoms. The van der Waals surface area contributed by atoms with Gasteiger partial charge in [0.2, 0.25) is 0 Å². The second kappa shape index (κ2) is 6.15.